The van der Waals surface area contributed by atoms with E-state index in [-0.39, 0.29) is 17.2 Å². The molecule has 0 radical (unpaired) electrons. The van der Waals surface area contributed by atoms with Crippen LogP contribution < -0.4 is 0 Å². The Morgan fingerprint density at radius 1 is 1.00 bits per heavy atom. The first-order valence-corrected chi connectivity index (χ1v) is 9.93. The highest BCUT2D eigenvalue weighted by atomic mass is 16.4. The molecule has 2 aliphatic heterocycles. The lowest BCUT2D eigenvalue weighted by Gasteiger charge is -2.22. The molecule has 0 saturated heterocycles. The van der Waals surface area contributed by atoms with E-state index in [1.54, 1.807) is 36.5 Å². The van der Waals surface area contributed by atoms with Crippen LogP contribution in [0.4, 0.5) is 0 Å². The van der Waals surface area contributed by atoms with E-state index < -0.39 is 5.97 Å². The van der Waals surface area contributed by atoms with Gasteiger partial charge in [-0.3, -0.25) is 9.69 Å². The molecule has 0 saturated carbocycles. The van der Waals surface area contributed by atoms with Crippen LogP contribution in [0, 0.1) is 0 Å². The first-order chi connectivity index (χ1) is 15.6. The summed E-state index contributed by atoms with van der Waals surface area (Å²) in [5.41, 5.74) is 3.38. The number of fused-ring (bicyclic) bond motifs is 1. The molecule has 0 fully saturated rings. The number of aliphatic imine (C=N–C) groups is 2. The highest BCUT2D eigenvalue weighted by Gasteiger charge is 2.35. The number of furan rings is 1. The molecule has 1 N–H and O–H groups in total. The lowest BCUT2D eigenvalue weighted by molar-refractivity contribution is -0.120. The Morgan fingerprint density at radius 2 is 1.78 bits per heavy atom. The second kappa shape index (κ2) is 7.96. The van der Waals surface area contributed by atoms with Gasteiger partial charge in [-0.25, -0.2) is 14.8 Å². The monoisotopic (exact) mass is 423 g/mol. The summed E-state index contributed by atoms with van der Waals surface area (Å²) in [6.45, 7) is 0. The maximum atomic E-state index is 13.1. The smallest absolute Gasteiger partial charge is 0.335 e. The van der Waals surface area contributed by atoms with Gasteiger partial charge in [-0.2, -0.15) is 0 Å². The molecule has 3 aromatic rings. The maximum Gasteiger partial charge on any atom is 0.335 e. The van der Waals surface area contributed by atoms with Gasteiger partial charge in [-0.1, -0.05) is 42.5 Å². The molecule has 5 rings (SSSR count). The Balaban J connectivity index is 1.56. The van der Waals surface area contributed by atoms with Gasteiger partial charge in [0.1, 0.15) is 11.5 Å². The number of rotatable bonds is 5. The summed E-state index contributed by atoms with van der Waals surface area (Å²) < 4.78 is 5.33. The van der Waals surface area contributed by atoms with Gasteiger partial charge >= 0.3 is 5.97 Å². The zero-order valence-corrected chi connectivity index (χ0v) is 16.8. The van der Waals surface area contributed by atoms with Gasteiger partial charge in [0, 0.05) is 24.3 Å². The molecule has 3 heterocycles. The van der Waals surface area contributed by atoms with Gasteiger partial charge in [0.15, 0.2) is 5.84 Å². The molecule has 156 valence electrons. The maximum absolute atomic E-state index is 13.1. The van der Waals surface area contributed by atoms with Crippen LogP contribution in [0.5, 0.6) is 0 Å². The number of carbonyl (C=O) groups is 2. The predicted octanol–water partition coefficient (Wildman–Crippen LogP) is 4.26. The van der Waals surface area contributed by atoms with E-state index in [0.717, 1.165) is 5.56 Å². The number of carboxylic acids is 1. The summed E-state index contributed by atoms with van der Waals surface area (Å²) in [6, 6.07) is 19.7. The number of hydrogen-bond donors (Lipinski definition) is 1. The van der Waals surface area contributed by atoms with Crippen molar-refractivity contribution < 1.29 is 19.1 Å². The van der Waals surface area contributed by atoms with Crippen molar-refractivity contribution >= 4 is 35.2 Å². The fourth-order valence-electron chi connectivity index (χ4n) is 3.54. The molecule has 0 unspecified atom stereocenters. The van der Waals surface area contributed by atoms with Crippen LogP contribution in [0.1, 0.15) is 27.2 Å². The first-order valence-electron chi connectivity index (χ1n) is 9.93. The number of amidine groups is 1. The second-order valence-electron chi connectivity index (χ2n) is 7.27. The van der Waals surface area contributed by atoms with Crippen LogP contribution in [-0.2, 0) is 11.2 Å². The first kappa shape index (κ1) is 19.4. The molecule has 2 aliphatic rings. The van der Waals surface area contributed by atoms with Crippen molar-refractivity contribution in [3.05, 3.63) is 107 Å². The van der Waals surface area contributed by atoms with Gasteiger partial charge in [-0.05, 0) is 29.8 Å². The number of carboxylic acid groups (broad SMARTS) is 1. The SMILES string of the molecule is O=C(O)c1ccc(C2=CN3C(=O)C(=Cc4ccco4)N=C3C(Cc3ccccc3)=N2)cc1. The highest BCUT2D eigenvalue weighted by molar-refractivity contribution is 6.48. The lowest BCUT2D eigenvalue weighted by Crippen LogP contribution is -2.36. The van der Waals surface area contributed by atoms with Gasteiger partial charge < -0.3 is 9.52 Å². The molecule has 7 nitrogen and oxygen atoms in total. The average molecular weight is 423 g/mol. The topological polar surface area (TPSA) is 95.5 Å². The van der Waals surface area contributed by atoms with Crippen LogP contribution in [0.15, 0.2) is 99.3 Å². The van der Waals surface area contributed by atoms with Crippen molar-refractivity contribution in [1.29, 1.82) is 0 Å². The third-order valence-electron chi connectivity index (χ3n) is 5.12. The summed E-state index contributed by atoms with van der Waals surface area (Å²) in [4.78, 5) is 35.1. The average Bonchev–Trinajstić information content (AvgIpc) is 3.43. The van der Waals surface area contributed by atoms with Crippen LogP contribution in [0.3, 0.4) is 0 Å². The van der Waals surface area contributed by atoms with Gasteiger partial charge in [0.2, 0.25) is 0 Å². The van der Waals surface area contributed by atoms with E-state index in [1.807, 2.05) is 30.3 Å². The highest BCUT2D eigenvalue weighted by Crippen LogP contribution is 2.29. The number of benzene rings is 2. The van der Waals surface area contributed by atoms with E-state index in [0.29, 0.717) is 35.0 Å². The number of amides is 1. The lowest BCUT2D eigenvalue weighted by atomic mass is 10.0. The molecule has 0 atom stereocenters. The third-order valence-corrected chi connectivity index (χ3v) is 5.12. The third kappa shape index (κ3) is 3.67. The zero-order chi connectivity index (χ0) is 22.1. The Kier molecular flexibility index (Phi) is 4.84. The largest absolute Gasteiger partial charge is 0.478 e. The van der Waals surface area contributed by atoms with Gasteiger partial charge in [0.25, 0.3) is 5.91 Å². The number of carbonyl (C=O) groups excluding carboxylic acids is 1. The molecule has 32 heavy (non-hydrogen) atoms. The van der Waals surface area contributed by atoms with Gasteiger partial charge in [-0.15, -0.1) is 0 Å². The minimum absolute atomic E-state index is 0.182. The summed E-state index contributed by atoms with van der Waals surface area (Å²) >= 11 is 0. The van der Waals surface area contributed by atoms with Crippen molar-refractivity contribution in [3.63, 3.8) is 0 Å². The van der Waals surface area contributed by atoms with E-state index in [1.165, 1.54) is 23.3 Å². The van der Waals surface area contributed by atoms with Crippen LogP contribution >= 0.6 is 0 Å². The Morgan fingerprint density at radius 3 is 2.47 bits per heavy atom. The minimum Gasteiger partial charge on any atom is -0.478 e. The molecular formula is C25H17N3O4. The molecule has 7 heteroatoms. The molecule has 0 bridgehead atoms. The normalized spacial score (nSPS) is 16.5. The van der Waals surface area contributed by atoms with Crippen molar-refractivity contribution in [2.45, 2.75) is 6.42 Å². The van der Waals surface area contributed by atoms with Gasteiger partial charge in [0.05, 0.1) is 23.2 Å². The second-order valence-corrected chi connectivity index (χ2v) is 7.27. The summed E-state index contributed by atoms with van der Waals surface area (Å²) in [5, 5.41) is 9.16. The van der Waals surface area contributed by atoms with Crippen LogP contribution in [-0.4, -0.2) is 33.4 Å². The Bertz CT molecular complexity index is 1320. The summed E-state index contributed by atoms with van der Waals surface area (Å²) in [5.74, 6) is -0.272. The predicted molar refractivity (Wildman–Crippen MR) is 120 cm³/mol. The standard InChI is InChI=1S/C25H17N3O4/c29-24-21(14-19-7-4-12-32-19)27-23-20(13-16-5-2-1-3-6-16)26-22(15-28(23)24)17-8-10-18(11-9-17)25(30)31/h1-12,14-15H,13H2,(H,30,31). The Labute approximate surface area is 183 Å². The molecule has 1 amide bonds. The fourth-order valence-corrected chi connectivity index (χ4v) is 3.54. The van der Waals surface area contributed by atoms with Crippen LogP contribution in [0.2, 0.25) is 0 Å². The fraction of sp³-hybridized carbons (Fsp3) is 0.0400. The number of nitrogens with zero attached hydrogens (tertiary/aromatic N) is 3. The summed E-state index contributed by atoms with van der Waals surface area (Å²) in [6.07, 6.45) is 5.26. The molecular weight excluding hydrogens is 406 g/mol. The van der Waals surface area contributed by atoms with E-state index in [4.69, 9.17) is 14.5 Å². The van der Waals surface area contributed by atoms with Crippen molar-refractivity contribution in [3.8, 4) is 0 Å². The molecule has 1 aromatic heterocycles. The zero-order valence-electron chi connectivity index (χ0n) is 16.8. The molecule has 0 aliphatic carbocycles. The van der Waals surface area contributed by atoms with Crippen molar-refractivity contribution in [2.75, 3.05) is 0 Å². The van der Waals surface area contributed by atoms with E-state index in [2.05, 4.69) is 4.99 Å². The molecule has 0 spiro atoms. The quantitative estimate of drug-likeness (QED) is 0.621. The Hall–Kier alpha value is -4.52. The van der Waals surface area contributed by atoms with Crippen LogP contribution in [0.25, 0.3) is 11.8 Å². The van der Waals surface area contributed by atoms with Crippen molar-refractivity contribution in [1.82, 2.24) is 4.90 Å². The van der Waals surface area contributed by atoms with E-state index >= 15 is 0 Å². The summed E-state index contributed by atoms with van der Waals surface area (Å²) in [7, 11) is 0. The van der Waals surface area contributed by atoms with Crippen molar-refractivity contribution in [2.24, 2.45) is 9.98 Å². The number of aromatic carboxylic acids is 1. The minimum atomic E-state index is -1.00. The number of hydrogen-bond acceptors (Lipinski definition) is 5. The van der Waals surface area contributed by atoms with E-state index in [9.17, 15) is 9.59 Å². The molecule has 2 aromatic carbocycles.